The molecule has 0 N–H and O–H groups in total. The van der Waals surface area contributed by atoms with E-state index in [1.165, 1.54) is 38.7 Å². The second kappa shape index (κ2) is 5.78. The number of hydrogen-bond acceptors (Lipinski definition) is 4. The number of aliphatic imine (C=N–C) groups is 1. The first-order chi connectivity index (χ1) is 9.41. The molecule has 0 radical (unpaired) electrons. The highest BCUT2D eigenvalue weighted by atomic mass is 35.5. The van der Waals surface area contributed by atoms with Gasteiger partial charge in [-0.15, -0.1) is 0 Å². The topological polar surface area (TPSA) is 62.9 Å². The molecule has 0 aliphatic carbocycles. The number of hydrogen-bond donors (Lipinski definition) is 0. The number of halogens is 1. The molecule has 20 heavy (non-hydrogen) atoms. The van der Waals surface area contributed by atoms with Crippen LogP contribution < -0.4 is 0 Å². The van der Waals surface area contributed by atoms with Crippen LogP contribution >= 0.6 is 11.6 Å². The molecule has 0 amide bonds. The first kappa shape index (κ1) is 14.8. The van der Waals surface area contributed by atoms with Crippen molar-refractivity contribution >= 4 is 33.5 Å². The Kier molecular flexibility index (Phi) is 4.27. The molecule has 1 aromatic heterocycles. The first-order valence-corrected chi connectivity index (χ1v) is 7.53. The summed E-state index contributed by atoms with van der Waals surface area (Å²) in [7, 11) is -0.700. The zero-order valence-electron chi connectivity index (χ0n) is 10.9. The van der Waals surface area contributed by atoms with E-state index in [2.05, 4.69) is 4.99 Å². The van der Waals surface area contributed by atoms with Crippen molar-refractivity contribution in [2.24, 2.45) is 4.99 Å². The number of furan rings is 1. The van der Waals surface area contributed by atoms with Crippen LogP contribution in [0.3, 0.4) is 0 Å². The molecule has 1 aromatic carbocycles. The summed E-state index contributed by atoms with van der Waals surface area (Å²) in [5, 5.41) is 0.163. The number of nitrogens with zero attached hydrogens (tertiary/aromatic N) is 2. The largest absolute Gasteiger partial charge is 0.463 e. The van der Waals surface area contributed by atoms with Gasteiger partial charge in [0, 0.05) is 14.1 Å². The minimum absolute atomic E-state index is 0.0262. The van der Waals surface area contributed by atoms with E-state index in [1.807, 2.05) is 0 Å². The molecule has 0 aliphatic heterocycles. The summed E-state index contributed by atoms with van der Waals surface area (Å²) in [6, 6.07) is 8.06. The molecule has 0 spiro atoms. The summed E-state index contributed by atoms with van der Waals surface area (Å²) in [4.78, 5) is 4.19. The predicted molar refractivity (Wildman–Crippen MR) is 78.3 cm³/mol. The van der Waals surface area contributed by atoms with E-state index in [0.717, 1.165) is 4.31 Å². The van der Waals surface area contributed by atoms with Gasteiger partial charge in [-0.2, -0.15) is 0 Å². The lowest BCUT2D eigenvalue weighted by atomic mass is 10.3. The molecular weight excluding hydrogens is 300 g/mol. The van der Waals surface area contributed by atoms with E-state index in [-0.39, 0.29) is 9.92 Å². The van der Waals surface area contributed by atoms with Crippen molar-refractivity contribution in [2.75, 3.05) is 14.1 Å². The summed E-state index contributed by atoms with van der Waals surface area (Å²) in [5.74, 6) is 0.581. The van der Waals surface area contributed by atoms with Crippen LogP contribution in [0.25, 0.3) is 0 Å². The van der Waals surface area contributed by atoms with Crippen molar-refractivity contribution in [2.45, 2.75) is 4.90 Å². The molecule has 0 saturated heterocycles. The molecule has 5 nitrogen and oxygen atoms in total. The first-order valence-electron chi connectivity index (χ1n) is 5.71. The Morgan fingerprint density at radius 3 is 2.65 bits per heavy atom. The minimum atomic E-state index is -3.60. The van der Waals surface area contributed by atoms with Gasteiger partial charge in [-0.3, -0.25) is 4.99 Å². The molecule has 0 aliphatic rings. The maximum Gasteiger partial charge on any atom is 0.244 e. The molecule has 0 bridgehead atoms. The Bertz CT molecular complexity index is 722. The van der Waals surface area contributed by atoms with Crippen LogP contribution in [0.4, 0.5) is 5.69 Å². The van der Waals surface area contributed by atoms with E-state index < -0.39 is 10.0 Å². The lowest BCUT2D eigenvalue weighted by Gasteiger charge is -2.12. The van der Waals surface area contributed by atoms with Gasteiger partial charge in [0.1, 0.15) is 10.7 Å². The van der Waals surface area contributed by atoms with Gasteiger partial charge in [-0.05, 0) is 30.3 Å². The normalized spacial score (nSPS) is 12.4. The Morgan fingerprint density at radius 1 is 1.30 bits per heavy atom. The quantitative estimate of drug-likeness (QED) is 0.815. The van der Waals surface area contributed by atoms with Crippen molar-refractivity contribution in [3.63, 3.8) is 0 Å². The maximum atomic E-state index is 12.1. The van der Waals surface area contributed by atoms with Gasteiger partial charge in [-0.25, -0.2) is 12.7 Å². The monoisotopic (exact) mass is 312 g/mol. The van der Waals surface area contributed by atoms with Gasteiger partial charge >= 0.3 is 0 Å². The van der Waals surface area contributed by atoms with Crippen LogP contribution in [0.15, 0.2) is 50.9 Å². The summed E-state index contributed by atoms with van der Waals surface area (Å²) in [5.41, 5.74) is 0.478. The van der Waals surface area contributed by atoms with E-state index in [4.69, 9.17) is 16.0 Å². The van der Waals surface area contributed by atoms with Crippen molar-refractivity contribution in [3.05, 3.63) is 47.4 Å². The average molecular weight is 313 g/mol. The summed E-state index contributed by atoms with van der Waals surface area (Å²) in [6.07, 6.45) is 3.04. The summed E-state index contributed by atoms with van der Waals surface area (Å²) >= 11 is 5.95. The zero-order valence-corrected chi connectivity index (χ0v) is 12.5. The molecule has 2 aromatic rings. The van der Waals surface area contributed by atoms with E-state index in [1.54, 1.807) is 18.2 Å². The Hall–Kier alpha value is -1.63. The molecule has 0 fully saturated rings. The molecule has 106 valence electrons. The second-order valence-corrected chi connectivity index (χ2v) is 6.70. The van der Waals surface area contributed by atoms with Crippen LogP contribution in [-0.2, 0) is 10.0 Å². The maximum absolute atomic E-state index is 12.1. The third-order valence-electron chi connectivity index (χ3n) is 2.56. The highest BCUT2D eigenvalue weighted by Gasteiger charge is 2.20. The number of rotatable bonds is 4. The van der Waals surface area contributed by atoms with Gasteiger partial charge in [0.25, 0.3) is 0 Å². The Labute approximate surface area is 122 Å². The Morgan fingerprint density at radius 2 is 2.05 bits per heavy atom. The van der Waals surface area contributed by atoms with E-state index in [0.29, 0.717) is 11.4 Å². The molecular formula is C13H13ClN2O3S. The van der Waals surface area contributed by atoms with E-state index >= 15 is 0 Å². The number of sulfonamides is 1. The van der Waals surface area contributed by atoms with Crippen LogP contribution in [0.5, 0.6) is 0 Å². The molecule has 1 heterocycles. The standard InChI is InChI=1S/C13H13ClN2O3S/c1-16(2)20(17,18)13-8-10(5-6-12(13)14)15-9-11-4-3-7-19-11/h3-9H,1-2H3. The third-order valence-corrected chi connectivity index (χ3v) is 4.85. The third kappa shape index (κ3) is 3.09. The van der Waals surface area contributed by atoms with Crippen molar-refractivity contribution in [1.29, 1.82) is 0 Å². The lowest BCUT2D eigenvalue weighted by Crippen LogP contribution is -2.22. The molecule has 0 saturated carbocycles. The zero-order chi connectivity index (χ0) is 14.8. The smallest absolute Gasteiger partial charge is 0.244 e. The molecule has 0 unspecified atom stereocenters. The molecule has 0 atom stereocenters. The van der Waals surface area contributed by atoms with Crippen molar-refractivity contribution in [3.8, 4) is 0 Å². The molecule has 7 heteroatoms. The van der Waals surface area contributed by atoms with Gasteiger partial charge in [0.2, 0.25) is 10.0 Å². The minimum Gasteiger partial charge on any atom is -0.463 e. The van der Waals surface area contributed by atoms with Gasteiger partial charge < -0.3 is 4.42 Å². The van der Waals surface area contributed by atoms with Crippen LogP contribution in [-0.4, -0.2) is 33.0 Å². The predicted octanol–water partition coefficient (Wildman–Crippen LogP) is 2.93. The summed E-state index contributed by atoms with van der Waals surface area (Å²) < 4.78 is 30.4. The average Bonchev–Trinajstić information content (AvgIpc) is 2.90. The van der Waals surface area contributed by atoms with Crippen molar-refractivity contribution < 1.29 is 12.8 Å². The SMILES string of the molecule is CN(C)S(=O)(=O)c1cc(N=Cc2ccco2)ccc1Cl. The van der Waals surface area contributed by atoms with Crippen molar-refractivity contribution in [1.82, 2.24) is 4.31 Å². The fraction of sp³-hybridized carbons (Fsp3) is 0.154. The highest BCUT2D eigenvalue weighted by molar-refractivity contribution is 7.89. The van der Waals surface area contributed by atoms with Gasteiger partial charge in [0.05, 0.1) is 23.2 Å². The van der Waals surface area contributed by atoms with Gasteiger partial charge in [0.15, 0.2) is 0 Å². The fourth-order valence-corrected chi connectivity index (χ4v) is 2.86. The fourth-order valence-electron chi connectivity index (χ4n) is 1.47. The second-order valence-electron chi connectivity index (χ2n) is 4.18. The molecule has 2 rings (SSSR count). The lowest BCUT2D eigenvalue weighted by molar-refractivity contribution is 0.521. The summed E-state index contributed by atoms with van der Waals surface area (Å²) in [6.45, 7) is 0. The Balaban J connectivity index is 2.39. The highest BCUT2D eigenvalue weighted by Crippen LogP contribution is 2.28. The number of benzene rings is 1. The van der Waals surface area contributed by atoms with Crippen LogP contribution in [0.2, 0.25) is 5.02 Å². The van der Waals surface area contributed by atoms with Crippen LogP contribution in [0.1, 0.15) is 5.76 Å². The van der Waals surface area contributed by atoms with Gasteiger partial charge in [-0.1, -0.05) is 11.6 Å². The van der Waals surface area contributed by atoms with E-state index in [9.17, 15) is 8.42 Å². The van der Waals surface area contributed by atoms with Crippen LogP contribution in [0, 0.1) is 0 Å².